The van der Waals surface area contributed by atoms with Gasteiger partial charge in [-0.15, -0.1) is 0 Å². The predicted molar refractivity (Wildman–Crippen MR) is 49.2 cm³/mol. The van der Waals surface area contributed by atoms with Crippen molar-refractivity contribution >= 4 is 5.78 Å². The van der Waals surface area contributed by atoms with Crippen molar-refractivity contribution in [1.82, 2.24) is 4.57 Å². The average molecular weight is 183 g/mol. The van der Waals surface area contributed by atoms with E-state index in [0.717, 1.165) is 0 Å². The maximum atomic E-state index is 12.8. The minimum absolute atomic E-state index is 0.0427. The van der Waals surface area contributed by atoms with Crippen molar-refractivity contribution in [1.29, 1.82) is 0 Å². The van der Waals surface area contributed by atoms with Crippen LogP contribution in [0.25, 0.3) is 0 Å². The Balaban J connectivity index is 3.09. The first-order valence-electron chi connectivity index (χ1n) is 4.19. The second kappa shape index (κ2) is 2.98. The number of rotatable bonds is 1. The number of aromatic nitrogens is 1. The number of nitrogens with zero attached hydrogens (tertiary/aromatic N) is 1. The summed E-state index contributed by atoms with van der Waals surface area (Å²) in [6, 6.07) is 1.27. The van der Waals surface area contributed by atoms with Crippen LogP contribution in [0.3, 0.4) is 0 Å². The Morgan fingerprint density at radius 3 is 2.31 bits per heavy atom. The van der Waals surface area contributed by atoms with Crippen LogP contribution in [0.1, 0.15) is 31.3 Å². The highest BCUT2D eigenvalue weighted by molar-refractivity contribution is 5.98. The van der Waals surface area contributed by atoms with Gasteiger partial charge in [0.2, 0.25) is 0 Å². The topological polar surface area (TPSA) is 22.0 Å². The molecule has 0 aliphatic heterocycles. The van der Waals surface area contributed by atoms with Crippen LogP contribution in [0.2, 0.25) is 0 Å². The Bertz CT molecular complexity index is 333. The molecule has 0 aliphatic carbocycles. The molecule has 72 valence electrons. The summed E-state index contributed by atoms with van der Waals surface area (Å²) in [5, 5.41) is 0. The molecule has 0 saturated carbocycles. The van der Waals surface area contributed by atoms with Crippen molar-refractivity contribution in [2.24, 2.45) is 12.5 Å². The van der Waals surface area contributed by atoms with Crippen LogP contribution in [0.4, 0.5) is 4.39 Å². The van der Waals surface area contributed by atoms with E-state index in [2.05, 4.69) is 0 Å². The average Bonchev–Trinajstić information content (AvgIpc) is 2.26. The third-order valence-electron chi connectivity index (χ3n) is 1.89. The van der Waals surface area contributed by atoms with Crippen molar-refractivity contribution < 1.29 is 9.18 Å². The molecule has 1 aromatic heterocycles. The summed E-state index contributed by atoms with van der Waals surface area (Å²) in [4.78, 5) is 11.7. The van der Waals surface area contributed by atoms with Gasteiger partial charge >= 0.3 is 0 Å². The Kier molecular flexibility index (Phi) is 2.28. The zero-order valence-electron chi connectivity index (χ0n) is 8.39. The summed E-state index contributed by atoms with van der Waals surface area (Å²) >= 11 is 0. The fraction of sp³-hybridized carbons (Fsp3) is 0.500. The highest BCUT2D eigenvalue weighted by Gasteiger charge is 2.25. The largest absolute Gasteiger partial charge is 0.345 e. The number of halogens is 1. The SMILES string of the molecule is Cn1cc(F)cc1C(=O)C(C)(C)C. The maximum Gasteiger partial charge on any atom is 0.184 e. The first-order valence-corrected chi connectivity index (χ1v) is 4.19. The molecule has 2 nitrogen and oxygen atoms in total. The van der Waals surface area contributed by atoms with E-state index in [1.54, 1.807) is 7.05 Å². The second-order valence-corrected chi connectivity index (χ2v) is 4.23. The molecule has 0 bridgehead atoms. The maximum absolute atomic E-state index is 12.8. The predicted octanol–water partition coefficient (Wildman–Crippen LogP) is 2.39. The number of ketones is 1. The number of hydrogen-bond acceptors (Lipinski definition) is 1. The molecule has 0 unspecified atom stereocenters. The molecular formula is C10H14FNO. The van der Waals surface area contributed by atoms with Gasteiger partial charge in [0, 0.05) is 24.7 Å². The van der Waals surface area contributed by atoms with E-state index in [1.807, 2.05) is 20.8 Å². The minimum Gasteiger partial charge on any atom is -0.345 e. The van der Waals surface area contributed by atoms with Gasteiger partial charge in [-0.1, -0.05) is 20.8 Å². The fourth-order valence-corrected chi connectivity index (χ4v) is 1.13. The van der Waals surface area contributed by atoms with Crippen molar-refractivity contribution in [3.05, 3.63) is 23.8 Å². The Hall–Kier alpha value is -1.12. The van der Waals surface area contributed by atoms with E-state index < -0.39 is 5.41 Å². The van der Waals surface area contributed by atoms with Gasteiger partial charge in [-0.2, -0.15) is 0 Å². The third kappa shape index (κ3) is 1.97. The third-order valence-corrected chi connectivity index (χ3v) is 1.89. The molecule has 0 atom stereocenters. The molecule has 0 spiro atoms. The molecule has 1 rings (SSSR count). The molecule has 0 N–H and O–H groups in total. The van der Waals surface area contributed by atoms with Gasteiger partial charge in [-0.3, -0.25) is 4.79 Å². The summed E-state index contributed by atoms with van der Waals surface area (Å²) in [5.74, 6) is -0.408. The number of Topliss-reactive ketones (excluding diaryl/α,β-unsaturated/α-hetero) is 1. The van der Waals surface area contributed by atoms with Crippen molar-refractivity contribution in [2.75, 3.05) is 0 Å². The van der Waals surface area contributed by atoms with Gasteiger partial charge in [-0.05, 0) is 0 Å². The molecule has 0 saturated heterocycles. The van der Waals surface area contributed by atoms with E-state index in [9.17, 15) is 9.18 Å². The summed E-state index contributed by atoms with van der Waals surface area (Å²) in [6.45, 7) is 5.46. The lowest BCUT2D eigenvalue weighted by atomic mass is 9.89. The lowest BCUT2D eigenvalue weighted by Gasteiger charge is -2.16. The summed E-state index contributed by atoms with van der Waals surface area (Å²) in [7, 11) is 1.67. The molecule has 0 fully saturated rings. The number of carbonyl (C=O) groups is 1. The lowest BCUT2D eigenvalue weighted by molar-refractivity contribution is 0.0849. The van der Waals surface area contributed by atoms with Crippen molar-refractivity contribution in [3.63, 3.8) is 0 Å². The van der Waals surface area contributed by atoms with Gasteiger partial charge in [-0.25, -0.2) is 4.39 Å². The van der Waals surface area contributed by atoms with Crippen LogP contribution in [-0.2, 0) is 7.05 Å². The molecule has 0 aromatic carbocycles. The summed E-state index contributed by atoms with van der Waals surface area (Å²) in [5.41, 5.74) is -0.0385. The van der Waals surface area contributed by atoms with Crippen LogP contribution in [0.5, 0.6) is 0 Å². The Morgan fingerprint density at radius 1 is 1.46 bits per heavy atom. The van der Waals surface area contributed by atoms with Gasteiger partial charge < -0.3 is 4.57 Å². The quantitative estimate of drug-likeness (QED) is 0.613. The lowest BCUT2D eigenvalue weighted by Crippen LogP contribution is -2.22. The first kappa shape index (κ1) is 9.96. The zero-order chi connectivity index (χ0) is 10.2. The molecule has 0 radical (unpaired) electrons. The number of carbonyl (C=O) groups excluding carboxylic acids is 1. The fourth-order valence-electron chi connectivity index (χ4n) is 1.13. The van der Waals surface area contributed by atoms with Gasteiger partial charge in [0.15, 0.2) is 5.78 Å². The summed E-state index contributed by atoms with van der Waals surface area (Å²) in [6.07, 6.45) is 1.30. The molecule has 0 amide bonds. The van der Waals surface area contributed by atoms with Crippen LogP contribution >= 0.6 is 0 Å². The summed E-state index contributed by atoms with van der Waals surface area (Å²) < 4.78 is 14.3. The molecule has 13 heavy (non-hydrogen) atoms. The number of hydrogen-bond donors (Lipinski definition) is 0. The van der Waals surface area contributed by atoms with Crippen molar-refractivity contribution in [3.8, 4) is 0 Å². The van der Waals surface area contributed by atoms with Crippen molar-refractivity contribution in [2.45, 2.75) is 20.8 Å². The van der Waals surface area contributed by atoms with Crippen LogP contribution < -0.4 is 0 Å². The molecule has 1 aromatic rings. The van der Waals surface area contributed by atoms with E-state index in [1.165, 1.54) is 16.8 Å². The number of aryl methyl sites for hydroxylation is 1. The molecule has 0 aliphatic rings. The van der Waals surface area contributed by atoms with Gasteiger partial charge in [0.1, 0.15) is 5.82 Å². The molecule has 1 heterocycles. The molecule has 3 heteroatoms. The van der Waals surface area contributed by atoms with E-state index in [0.29, 0.717) is 5.69 Å². The Morgan fingerprint density at radius 2 is 2.00 bits per heavy atom. The standard InChI is InChI=1S/C10H14FNO/c1-10(2,3)9(13)8-5-7(11)6-12(8)4/h5-6H,1-4H3. The molecular weight excluding hydrogens is 169 g/mol. The van der Waals surface area contributed by atoms with Crippen LogP contribution in [0, 0.1) is 11.2 Å². The van der Waals surface area contributed by atoms with Gasteiger partial charge in [0.25, 0.3) is 0 Å². The first-order chi connectivity index (χ1) is 5.82. The second-order valence-electron chi connectivity index (χ2n) is 4.23. The highest BCUT2D eigenvalue weighted by Crippen LogP contribution is 2.21. The smallest absolute Gasteiger partial charge is 0.184 e. The van der Waals surface area contributed by atoms with E-state index in [4.69, 9.17) is 0 Å². The monoisotopic (exact) mass is 183 g/mol. The van der Waals surface area contributed by atoms with Crippen LogP contribution in [0.15, 0.2) is 12.3 Å². The van der Waals surface area contributed by atoms with E-state index >= 15 is 0 Å². The Labute approximate surface area is 77.4 Å². The van der Waals surface area contributed by atoms with Gasteiger partial charge in [0.05, 0.1) is 5.69 Å². The normalized spacial score (nSPS) is 11.8. The zero-order valence-corrected chi connectivity index (χ0v) is 8.39. The van der Waals surface area contributed by atoms with E-state index in [-0.39, 0.29) is 11.6 Å². The van der Waals surface area contributed by atoms with Crippen LogP contribution in [-0.4, -0.2) is 10.4 Å². The highest BCUT2D eigenvalue weighted by atomic mass is 19.1. The minimum atomic E-state index is -0.460.